The first kappa shape index (κ1) is 20.6. The van der Waals surface area contributed by atoms with Gasteiger partial charge in [-0.3, -0.25) is 4.68 Å². The van der Waals surface area contributed by atoms with Crippen molar-refractivity contribution in [2.45, 2.75) is 96.6 Å². The fraction of sp³-hybridized carbons (Fsp3) is 0.846. The number of aromatic nitrogens is 2. The lowest BCUT2D eigenvalue weighted by atomic mass is 9.49. The Morgan fingerprint density at radius 2 is 1.97 bits per heavy atom. The van der Waals surface area contributed by atoms with Crippen LogP contribution in [-0.2, 0) is 6.54 Å². The van der Waals surface area contributed by atoms with Gasteiger partial charge in [0.05, 0.1) is 5.60 Å². The van der Waals surface area contributed by atoms with Gasteiger partial charge in [0.1, 0.15) is 6.07 Å². The molecule has 164 valence electrons. The Morgan fingerprint density at radius 3 is 2.73 bits per heavy atom. The Kier molecular flexibility index (Phi) is 5.25. The summed E-state index contributed by atoms with van der Waals surface area (Å²) in [5, 5.41) is 24.3. The molecule has 0 aromatic carbocycles. The van der Waals surface area contributed by atoms with Crippen LogP contribution in [0.1, 0.15) is 90.2 Å². The number of hydrogen-bond donors (Lipinski definition) is 1. The monoisotopic (exact) mass is 409 g/mol. The Balaban J connectivity index is 1.26. The molecule has 0 amide bonds. The Hall–Kier alpha value is -1.34. The van der Waals surface area contributed by atoms with Crippen molar-refractivity contribution in [3.63, 3.8) is 0 Å². The van der Waals surface area contributed by atoms with Crippen LogP contribution >= 0.6 is 0 Å². The molecule has 1 N–H and O–H groups in total. The highest BCUT2D eigenvalue weighted by atomic mass is 16.3. The molecule has 30 heavy (non-hydrogen) atoms. The summed E-state index contributed by atoms with van der Waals surface area (Å²) in [5.41, 5.74) is 0.663. The van der Waals surface area contributed by atoms with Crippen LogP contribution in [0, 0.1) is 52.3 Å². The van der Waals surface area contributed by atoms with Crippen molar-refractivity contribution in [2.75, 3.05) is 0 Å². The molecule has 8 atom stereocenters. The Morgan fingerprint density at radius 1 is 1.13 bits per heavy atom. The van der Waals surface area contributed by atoms with Crippen LogP contribution in [0.3, 0.4) is 0 Å². The fourth-order valence-corrected chi connectivity index (χ4v) is 8.70. The smallest absolute Gasteiger partial charge is 0.162 e. The summed E-state index contributed by atoms with van der Waals surface area (Å²) in [4.78, 5) is 0. The minimum absolute atomic E-state index is 0.368. The minimum Gasteiger partial charge on any atom is -0.390 e. The number of nitrogens with zero attached hydrogens (tertiary/aromatic N) is 3. The summed E-state index contributed by atoms with van der Waals surface area (Å²) in [5.74, 6) is 5.21. The van der Waals surface area contributed by atoms with Crippen molar-refractivity contribution in [1.82, 2.24) is 9.78 Å². The first-order valence-electron chi connectivity index (χ1n) is 12.6. The Labute approximate surface area is 182 Å². The van der Waals surface area contributed by atoms with Crippen molar-refractivity contribution in [1.29, 1.82) is 5.26 Å². The van der Waals surface area contributed by atoms with Crippen molar-refractivity contribution in [2.24, 2.45) is 40.9 Å². The van der Waals surface area contributed by atoms with Gasteiger partial charge in [0.2, 0.25) is 0 Å². The first-order chi connectivity index (χ1) is 14.5. The van der Waals surface area contributed by atoms with Crippen LogP contribution in [0.15, 0.2) is 12.3 Å². The number of aryl methyl sites for hydroxylation is 1. The van der Waals surface area contributed by atoms with E-state index in [4.69, 9.17) is 5.26 Å². The zero-order valence-electron chi connectivity index (χ0n) is 18.9. The van der Waals surface area contributed by atoms with E-state index in [1.165, 1.54) is 51.4 Å². The molecule has 0 bridgehead atoms. The molecule has 0 spiro atoms. The van der Waals surface area contributed by atoms with E-state index in [0.29, 0.717) is 11.1 Å². The molecular formula is C26H39N3O. The first-order valence-corrected chi connectivity index (χ1v) is 12.6. The van der Waals surface area contributed by atoms with E-state index in [9.17, 15) is 5.11 Å². The van der Waals surface area contributed by atoms with Crippen molar-refractivity contribution >= 4 is 0 Å². The summed E-state index contributed by atoms with van der Waals surface area (Å²) in [6, 6.07) is 3.97. The van der Waals surface area contributed by atoms with Crippen molar-refractivity contribution < 1.29 is 5.11 Å². The van der Waals surface area contributed by atoms with Crippen LogP contribution in [0.5, 0.6) is 0 Å². The van der Waals surface area contributed by atoms with E-state index in [2.05, 4.69) is 25.0 Å². The standard InChI is InChI=1S/C26H39N3O/c1-3-26(30)13-9-21-18(16-26)4-6-23-22(21)8-12-25(2)19(5-7-24(23)25)10-14-29-15-11-20(17-27)28-29/h11,15,18-19,21-24,30H,3-10,12-14,16H2,1-2H3/t18-,19-,21+,22-,23-,24+,25-,26-/m1/s1. The van der Waals surface area contributed by atoms with Crippen LogP contribution in [0.25, 0.3) is 0 Å². The number of rotatable bonds is 4. The predicted molar refractivity (Wildman–Crippen MR) is 117 cm³/mol. The molecule has 0 unspecified atom stereocenters. The maximum Gasteiger partial charge on any atom is 0.162 e. The lowest BCUT2D eigenvalue weighted by molar-refractivity contribution is -0.107. The van der Waals surface area contributed by atoms with E-state index < -0.39 is 0 Å². The summed E-state index contributed by atoms with van der Waals surface area (Å²) in [6.45, 7) is 5.72. The van der Waals surface area contributed by atoms with Gasteiger partial charge in [-0.15, -0.1) is 0 Å². The van der Waals surface area contributed by atoms with Crippen LogP contribution in [0.2, 0.25) is 0 Å². The molecule has 0 radical (unpaired) electrons. The summed E-state index contributed by atoms with van der Waals surface area (Å²) in [7, 11) is 0. The third-order valence-corrected chi connectivity index (χ3v) is 10.4. The van der Waals surface area contributed by atoms with Gasteiger partial charge in [0.15, 0.2) is 5.69 Å². The molecule has 0 saturated heterocycles. The highest BCUT2D eigenvalue weighted by Gasteiger charge is 2.57. The van der Waals surface area contributed by atoms with Gasteiger partial charge in [0.25, 0.3) is 0 Å². The van der Waals surface area contributed by atoms with Gasteiger partial charge in [-0.2, -0.15) is 10.4 Å². The highest BCUT2D eigenvalue weighted by molar-refractivity contribution is 5.16. The largest absolute Gasteiger partial charge is 0.390 e. The molecule has 0 aliphatic heterocycles. The van der Waals surface area contributed by atoms with E-state index in [1.54, 1.807) is 0 Å². The van der Waals surface area contributed by atoms with Crippen LogP contribution in [-0.4, -0.2) is 20.5 Å². The summed E-state index contributed by atoms with van der Waals surface area (Å²) < 4.78 is 1.98. The molecule has 1 heterocycles. The Bertz CT molecular complexity index is 811. The van der Waals surface area contributed by atoms with Crippen LogP contribution in [0.4, 0.5) is 0 Å². The second-order valence-corrected chi connectivity index (χ2v) is 11.4. The normalized spacial score (nSPS) is 45.3. The van der Waals surface area contributed by atoms with E-state index in [-0.39, 0.29) is 5.60 Å². The zero-order chi connectivity index (χ0) is 20.9. The van der Waals surface area contributed by atoms with E-state index in [0.717, 1.165) is 61.3 Å². The van der Waals surface area contributed by atoms with Crippen LogP contribution < -0.4 is 0 Å². The maximum absolute atomic E-state index is 10.9. The third kappa shape index (κ3) is 3.32. The molecule has 5 rings (SSSR count). The number of hydrogen-bond acceptors (Lipinski definition) is 3. The summed E-state index contributed by atoms with van der Waals surface area (Å²) >= 11 is 0. The fourth-order valence-electron chi connectivity index (χ4n) is 8.70. The SMILES string of the molecule is CC[C@@]1(O)CC[C@H]2[C@H](CC[C@@H]3[C@@H]2CC[C@]2(C)[C@@H](CCn4ccc(C#N)n4)CC[C@@H]32)C1. The molecule has 4 fully saturated rings. The maximum atomic E-state index is 10.9. The van der Waals surface area contributed by atoms with Gasteiger partial charge in [-0.1, -0.05) is 13.8 Å². The number of nitriles is 1. The molecule has 4 heteroatoms. The summed E-state index contributed by atoms with van der Waals surface area (Å²) in [6.07, 6.45) is 15.8. The van der Waals surface area contributed by atoms with Gasteiger partial charge < -0.3 is 5.11 Å². The zero-order valence-corrected chi connectivity index (χ0v) is 18.9. The lowest BCUT2D eigenvalue weighted by Gasteiger charge is -2.57. The van der Waals surface area contributed by atoms with Gasteiger partial charge >= 0.3 is 0 Å². The quantitative estimate of drug-likeness (QED) is 0.708. The molecule has 4 nitrogen and oxygen atoms in total. The molecule has 1 aromatic rings. The molecule has 4 aliphatic carbocycles. The third-order valence-electron chi connectivity index (χ3n) is 10.4. The second-order valence-electron chi connectivity index (χ2n) is 11.4. The van der Waals surface area contributed by atoms with E-state index >= 15 is 0 Å². The predicted octanol–water partition coefficient (Wildman–Crippen LogP) is 5.55. The average molecular weight is 410 g/mol. The van der Waals surface area contributed by atoms with Gasteiger partial charge in [0, 0.05) is 12.7 Å². The van der Waals surface area contributed by atoms with Gasteiger partial charge in [-0.05, 0) is 118 Å². The van der Waals surface area contributed by atoms with Crippen molar-refractivity contribution in [3.05, 3.63) is 18.0 Å². The topological polar surface area (TPSA) is 61.8 Å². The molecule has 4 saturated carbocycles. The van der Waals surface area contributed by atoms with E-state index in [1.807, 2.05) is 16.9 Å². The molecular weight excluding hydrogens is 370 g/mol. The number of fused-ring (bicyclic) bond motifs is 5. The molecule has 1 aromatic heterocycles. The van der Waals surface area contributed by atoms with Crippen molar-refractivity contribution in [3.8, 4) is 6.07 Å². The highest BCUT2D eigenvalue weighted by Crippen LogP contribution is 2.65. The lowest BCUT2D eigenvalue weighted by Crippen LogP contribution is -2.50. The average Bonchev–Trinajstić information content (AvgIpc) is 3.35. The molecule has 4 aliphatic rings. The second kappa shape index (κ2) is 7.66. The van der Waals surface area contributed by atoms with Gasteiger partial charge in [-0.25, -0.2) is 0 Å². The number of aliphatic hydroxyl groups is 1. The minimum atomic E-state index is -0.368.